The lowest BCUT2D eigenvalue weighted by molar-refractivity contribution is 0.0703. The van der Waals surface area contributed by atoms with Crippen LogP contribution in [-0.4, -0.2) is 47.2 Å². The molecule has 0 aromatic carbocycles. The van der Waals surface area contributed by atoms with E-state index >= 15 is 0 Å². The fraction of sp³-hybridized carbons (Fsp3) is 0.500. The smallest absolute Gasteiger partial charge is 0.257 e. The third-order valence-electron chi connectivity index (χ3n) is 5.13. The second kappa shape index (κ2) is 5.61. The van der Waals surface area contributed by atoms with Crippen LogP contribution in [0.25, 0.3) is 0 Å². The third kappa shape index (κ3) is 2.46. The molecule has 6 heteroatoms. The summed E-state index contributed by atoms with van der Waals surface area (Å²) >= 11 is 0. The van der Waals surface area contributed by atoms with E-state index in [0.717, 1.165) is 43.2 Å². The van der Waals surface area contributed by atoms with Crippen LogP contribution >= 0.6 is 0 Å². The highest BCUT2D eigenvalue weighted by Gasteiger charge is 2.35. The van der Waals surface area contributed by atoms with E-state index in [-0.39, 0.29) is 11.9 Å². The summed E-state index contributed by atoms with van der Waals surface area (Å²) in [6.07, 6.45) is 3.33. The fourth-order valence-electron chi connectivity index (χ4n) is 3.56. The number of hydrogen-bond acceptors (Lipinski definition) is 5. The summed E-state index contributed by atoms with van der Waals surface area (Å²) in [5, 5.41) is 8.69. The topological polar surface area (TPSA) is 62.5 Å². The molecule has 0 bridgehead atoms. The summed E-state index contributed by atoms with van der Waals surface area (Å²) in [6.45, 7) is 5.29. The number of hydrogen-bond donors (Lipinski definition) is 0. The SMILES string of the molecule is Cc1cc(C(=O)N(C)C2CN(c3cc4c(nn3)CCC4)C2)c(C)o1. The summed E-state index contributed by atoms with van der Waals surface area (Å²) in [6, 6.07) is 4.18. The van der Waals surface area contributed by atoms with Crippen LogP contribution in [-0.2, 0) is 12.8 Å². The van der Waals surface area contributed by atoms with Crippen molar-refractivity contribution >= 4 is 11.7 Å². The highest BCUT2D eigenvalue weighted by atomic mass is 16.3. The molecule has 2 aliphatic rings. The van der Waals surface area contributed by atoms with Crippen molar-refractivity contribution in [3.8, 4) is 0 Å². The van der Waals surface area contributed by atoms with Gasteiger partial charge in [-0.2, -0.15) is 5.10 Å². The average molecular weight is 326 g/mol. The molecule has 2 aromatic rings. The molecule has 1 fully saturated rings. The number of likely N-dealkylation sites (N-methyl/N-ethyl adjacent to an activating group) is 1. The minimum Gasteiger partial charge on any atom is -0.466 e. The molecule has 0 unspecified atom stereocenters. The first-order chi connectivity index (χ1) is 11.5. The lowest BCUT2D eigenvalue weighted by Crippen LogP contribution is -2.60. The first-order valence-corrected chi connectivity index (χ1v) is 8.47. The average Bonchev–Trinajstić information content (AvgIpc) is 3.10. The highest BCUT2D eigenvalue weighted by Crippen LogP contribution is 2.27. The lowest BCUT2D eigenvalue weighted by Gasteiger charge is -2.44. The van der Waals surface area contributed by atoms with Crippen molar-refractivity contribution in [3.63, 3.8) is 0 Å². The van der Waals surface area contributed by atoms with Crippen LogP contribution in [0.1, 0.15) is 39.6 Å². The summed E-state index contributed by atoms with van der Waals surface area (Å²) in [7, 11) is 1.86. The minimum atomic E-state index is 0.0223. The Balaban J connectivity index is 1.41. The molecule has 2 aromatic heterocycles. The highest BCUT2D eigenvalue weighted by molar-refractivity contribution is 5.95. The van der Waals surface area contributed by atoms with E-state index in [2.05, 4.69) is 21.2 Å². The van der Waals surface area contributed by atoms with E-state index in [1.165, 1.54) is 12.0 Å². The Hall–Kier alpha value is -2.37. The number of furan rings is 1. The normalized spacial score (nSPS) is 16.9. The number of aryl methyl sites for hydroxylation is 4. The van der Waals surface area contributed by atoms with Crippen molar-refractivity contribution in [3.05, 3.63) is 40.5 Å². The van der Waals surface area contributed by atoms with E-state index in [0.29, 0.717) is 11.3 Å². The number of aromatic nitrogens is 2. The van der Waals surface area contributed by atoms with Crippen molar-refractivity contribution in [2.45, 2.75) is 39.2 Å². The molecule has 0 atom stereocenters. The van der Waals surface area contributed by atoms with Gasteiger partial charge >= 0.3 is 0 Å². The predicted octanol–water partition coefficient (Wildman–Crippen LogP) is 2.14. The van der Waals surface area contributed by atoms with Gasteiger partial charge in [-0.1, -0.05) is 0 Å². The van der Waals surface area contributed by atoms with Crippen LogP contribution in [0.3, 0.4) is 0 Å². The molecular weight excluding hydrogens is 304 g/mol. The van der Waals surface area contributed by atoms with Crippen LogP contribution in [0.4, 0.5) is 5.82 Å². The molecule has 126 valence electrons. The fourth-order valence-corrected chi connectivity index (χ4v) is 3.56. The van der Waals surface area contributed by atoms with Crippen LogP contribution < -0.4 is 4.90 Å². The van der Waals surface area contributed by atoms with Crippen LogP contribution in [0.2, 0.25) is 0 Å². The Bertz CT molecular complexity index is 792. The number of amides is 1. The number of nitrogens with zero attached hydrogens (tertiary/aromatic N) is 4. The Labute approximate surface area is 141 Å². The lowest BCUT2D eigenvalue weighted by atomic mass is 10.1. The van der Waals surface area contributed by atoms with Gasteiger partial charge in [0.05, 0.1) is 17.3 Å². The molecule has 0 N–H and O–H groups in total. The Morgan fingerprint density at radius 3 is 2.75 bits per heavy atom. The Morgan fingerprint density at radius 2 is 2.04 bits per heavy atom. The molecule has 4 rings (SSSR count). The number of fused-ring (bicyclic) bond motifs is 1. The van der Waals surface area contributed by atoms with Crippen molar-refractivity contribution in [2.75, 3.05) is 25.0 Å². The van der Waals surface area contributed by atoms with Gasteiger partial charge in [0.25, 0.3) is 5.91 Å². The predicted molar refractivity (Wildman–Crippen MR) is 90.3 cm³/mol. The first kappa shape index (κ1) is 15.2. The monoisotopic (exact) mass is 326 g/mol. The maximum atomic E-state index is 12.6. The Kier molecular flexibility index (Phi) is 3.55. The quantitative estimate of drug-likeness (QED) is 0.865. The van der Waals surface area contributed by atoms with Crippen molar-refractivity contribution in [2.24, 2.45) is 0 Å². The maximum absolute atomic E-state index is 12.6. The summed E-state index contributed by atoms with van der Waals surface area (Å²) in [5.74, 6) is 2.41. The van der Waals surface area contributed by atoms with E-state index in [4.69, 9.17) is 4.42 Å². The van der Waals surface area contributed by atoms with Crippen LogP contribution in [0.5, 0.6) is 0 Å². The molecule has 0 radical (unpaired) electrons. The molecule has 0 spiro atoms. The molecular formula is C18H22N4O2. The molecule has 1 saturated heterocycles. The molecule has 1 aliphatic carbocycles. The van der Waals surface area contributed by atoms with Crippen LogP contribution in [0, 0.1) is 13.8 Å². The molecule has 3 heterocycles. The van der Waals surface area contributed by atoms with Gasteiger partial charge in [-0.15, -0.1) is 5.10 Å². The van der Waals surface area contributed by atoms with Gasteiger partial charge < -0.3 is 14.2 Å². The van der Waals surface area contributed by atoms with Crippen molar-refractivity contribution in [1.82, 2.24) is 15.1 Å². The van der Waals surface area contributed by atoms with Gasteiger partial charge in [0.1, 0.15) is 11.5 Å². The van der Waals surface area contributed by atoms with Crippen LogP contribution in [0.15, 0.2) is 16.5 Å². The second-order valence-electron chi connectivity index (χ2n) is 6.83. The van der Waals surface area contributed by atoms with Crippen molar-refractivity contribution < 1.29 is 9.21 Å². The van der Waals surface area contributed by atoms with Gasteiger partial charge in [-0.05, 0) is 50.8 Å². The molecule has 6 nitrogen and oxygen atoms in total. The second-order valence-corrected chi connectivity index (χ2v) is 6.83. The minimum absolute atomic E-state index is 0.0223. The largest absolute Gasteiger partial charge is 0.466 e. The summed E-state index contributed by atoms with van der Waals surface area (Å²) in [5.41, 5.74) is 3.14. The third-order valence-corrected chi connectivity index (χ3v) is 5.13. The maximum Gasteiger partial charge on any atom is 0.257 e. The van der Waals surface area contributed by atoms with E-state index in [1.54, 1.807) is 0 Å². The molecule has 24 heavy (non-hydrogen) atoms. The number of carbonyl (C=O) groups excluding carboxylic acids is 1. The van der Waals surface area contributed by atoms with E-state index in [9.17, 15) is 4.79 Å². The molecule has 1 amide bonds. The van der Waals surface area contributed by atoms with Gasteiger partial charge in [-0.3, -0.25) is 4.79 Å². The zero-order valence-corrected chi connectivity index (χ0v) is 14.4. The van der Waals surface area contributed by atoms with E-state index < -0.39 is 0 Å². The zero-order chi connectivity index (χ0) is 16.8. The zero-order valence-electron chi connectivity index (χ0n) is 14.4. The van der Waals surface area contributed by atoms with E-state index in [1.807, 2.05) is 31.9 Å². The molecule has 0 saturated carbocycles. The standard InChI is InChI=1S/C18H22N4O2/c1-11-7-15(12(2)24-11)18(23)21(3)14-9-22(10-14)17-8-13-5-4-6-16(13)19-20-17/h7-8,14H,4-6,9-10H2,1-3H3. The summed E-state index contributed by atoms with van der Waals surface area (Å²) < 4.78 is 5.47. The van der Waals surface area contributed by atoms with Gasteiger partial charge in [0.15, 0.2) is 5.82 Å². The van der Waals surface area contributed by atoms with Crippen molar-refractivity contribution in [1.29, 1.82) is 0 Å². The molecule has 1 aliphatic heterocycles. The van der Waals surface area contributed by atoms with Gasteiger partial charge in [0, 0.05) is 20.1 Å². The van der Waals surface area contributed by atoms with Gasteiger partial charge in [-0.25, -0.2) is 0 Å². The summed E-state index contributed by atoms with van der Waals surface area (Å²) in [4.78, 5) is 16.6. The first-order valence-electron chi connectivity index (χ1n) is 8.47. The van der Waals surface area contributed by atoms with Gasteiger partial charge in [0.2, 0.25) is 0 Å². The number of anilines is 1. The Morgan fingerprint density at radius 1 is 1.25 bits per heavy atom. The number of rotatable bonds is 3. The number of carbonyl (C=O) groups is 1.